The van der Waals surface area contributed by atoms with E-state index < -0.39 is 0 Å². The van der Waals surface area contributed by atoms with Crippen LogP contribution in [0.15, 0.2) is 41.8 Å². The minimum absolute atomic E-state index is 0.0489. The number of aromatic nitrogens is 1. The third-order valence-corrected chi connectivity index (χ3v) is 5.47. The van der Waals surface area contributed by atoms with E-state index in [0.717, 1.165) is 33.2 Å². The standard InChI is InChI=1S/C17H19N3OS2/c1-19(2)10-6-11-20(16(21)15-9-5-12-22-15)17-18-13-7-3-4-8-14(13)23-17/h3-5,7-9,12H,6,10-11H2,1-2H3/p+1. The Hall–Kier alpha value is -1.76. The first-order valence-electron chi connectivity index (χ1n) is 7.65. The highest BCUT2D eigenvalue weighted by Crippen LogP contribution is 2.30. The molecule has 23 heavy (non-hydrogen) atoms. The number of nitrogens with one attached hydrogen (secondary N) is 1. The molecule has 0 aliphatic heterocycles. The van der Waals surface area contributed by atoms with Gasteiger partial charge >= 0.3 is 0 Å². The summed E-state index contributed by atoms with van der Waals surface area (Å²) in [6.45, 7) is 1.72. The molecule has 0 spiro atoms. The van der Waals surface area contributed by atoms with Gasteiger partial charge in [-0.1, -0.05) is 29.5 Å². The summed E-state index contributed by atoms with van der Waals surface area (Å²) in [5.74, 6) is 0.0489. The van der Waals surface area contributed by atoms with Gasteiger partial charge in [-0.15, -0.1) is 11.3 Å². The van der Waals surface area contributed by atoms with E-state index in [-0.39, 0.29) is 5.91 Å². The van der Waals surface area contributed by atoms with Crippen molar-refractivity contribution < 1.29 is 9.69 Å². The monoisotopic (exact) mass is 346 g/mol. The van der Waals surface area contributed by atoms with Crippen LogP contribution < -0.4 is 9.80 Å². The van der Waals surface area contributed by atoms with Crippen molar-refractivity contribution >= 4 is 43.9 Å². The summed E-state index contributed by atoms with van der Waals surface area (Å²) in [5.41, 5.74) is 0.953. The van der Waals surface area contributed by atoms with Crippen LogP contribution in [0.1, 0.15) is 16.1 Å². The molecule has 0 radical (unpaired) electrons. The molecule has 3 aromatic rings. The van der Waals surface area contributed by atoms with Gasteiger partial charge in [-0.25, -0.2) is 4.98 Å². The van der Waals surface area contributed by atoms with Crippen molar-refractivity contribution in [2.75, 3.05) is 32.1 Å². The molecule has 120 valence electrons. The van der Waals surface area contributed by atoms with Gasteiger partial charge in [0.1, 0.15) is 0 Å². The molecule has 4 nitrogen and oxygen atoms in total. The van der Waals surface area contributed by atoms with E-state index in [2.05, 4.69) is 19.1 Å². The molecule has 0 aliphatic carbocycles. The number of quaternary nitrogens is 1. The van der Waals surface area contributed by atoms with E-state index in [1.165, 1.54) is 16.2 Å². The average Bonchev–Trinajstić information content (AvgIpc) is 3.19. The van der Waals surface area contributed by atoms with Gasteiger partial charge < -0.3 is 4.90 Å². The number of carbonyl (C=O) groups is 1. The number of hydrogen-bond donors (Lipinski definition) is 1. The number of benzene rings is 1. The van der Waals surface area contributed by atoms with Gasteiger partial charge in [-0.3, -0.25) is 9.69 Å². The Morgan fingerprint density at radius 1 is 1.22 bits per heavy atom. The molecule has 1 amide bonds. The Morgan fingerprint density at radius 2 is 2.04 bits per heavy atom. The van der Waals surface area contributed by atoms with Crippen LogP contribution in [-0.2, 0) is 0 Å². The third kappa shape index (κ3) is 3.77. The second-order valence-electron chi connectivity index (χ2n) is 5.71. The van der Waals surface area contributed by atoms with Gasteiger partial charge in [0.25, 0.3) is 5.91 Å². The first-order valence-corrected chi connectivity index (χ1v) is 9.35. The van der Waals surface area contributed by atoms with Crippen molar-refractivity contribution in [3.05, 3.63) is 46.7 Å². The van der Waals surface area contributed by atoms with Gasteiger partial charge in [0, 0.05) is 13.0 Å². The van der Waals surface area contributed by atoms with E-state index in [0.29, 0.717) is 6.54 Å². The smallest absolute Gasteiger partial charge is 0.270 e. The highest BCUT2D eigenvalue weighted by molar-refractivity contribution is 7.22. The third-order valence-electron chi connectivity index (χ3n) is 3.55. The highest BCUT2D eigenvalue weighted by atomic mass is 32.1. The maximum atomic E-state index is 12.9. The summed E-state index contributed by atoms with van der Waals surface area (Å²) >= 11 is 3.06. The summed E-state index contributed by atoms with van der Waals surface area (Å²) < 4.78 is 1.12. The normalized spacial score (nSPS) is 11.3. The molecular formula is C17H20N3OS2+. The van der Waals surface area contributed by atoms with Crippen LogP contribution in [0.2, 0.25) is 0 Å². The minimum Gasteiger partial charge on any atom is -0.340 e. The quantitative estimate of drug-likeness (QED) is 0.745. The fraction of sp³-hybridized carbons (Fsp3) is 0.294. The molecule has 0 unspecified atom stereocenters. The van der Waals surface area contributed by atoms with Crippen molar-refractivity contribution in [2.24, 2.45) is 0 Å². The van der Waals surface area contributed by atoms with Gasteiger partial charge in [-0.05, 0) is 23.6 Å². The molecule has 2 heterocycles. The fourth-order valence-electron chi connectivity index (χ4n) is 2.38. The first kappa shape index (κ1) is 16.1. The number of para-hydroxylation sites is 1. The number of carbonyl (C=O) groups excluding carboxylic acids is 1. The number of amides is 1. The zero-order valence-electron chi connectivity index (χ0n) is 13.3. The molecule has 1 N–H and O–H groups in total. The van der Waals surface area contributed by atoms with Crippen molar-refractivity contribution in [1.29, 1.82) is 0 Å². The lowest BCUT2D eigenvalue weighted by Crippen LogP contribution is -3.05. The van der Waals surface area contributed by atoms with E-state index in [9.17, 15) is 4.79 Å². The number of thiophene rings is 1. The average molecular weight is 347 g/mol. The molecular weight excluding hydrogens is 326 g/mol. The van der Waals surface area contributed by atoms with E-state index in [1.54, 1.807) is 11.3 Å². The Labute approximate surface area is 144 Å². The fourth-order valence-corrected chi connectivity index (χ4v) is 4.05. The van der Waals surface area contributed by atoms with Crippen LogP contribution >= 0.6 is 22.7 Å². The number of hydrogen-bond acceptors (Lipinski definition) is 4. The van der Waals surface area contributed by atoms with Crippen LogP contribution in [0.5, 0.6) is 0 Å². The van der Waals surface area contributed by atoms with E-state index in [1.807, 2.05) is 46.7 Å². The van der Waals surface area contributed by atoms with Crippen LogP contribution in [0.4, 0.5) is 5.13 Å². The second kappa shape index (κ2) is 7.21. The van der Waals surface area contributed by atoms with Crippen LogP contribution in [0.25, 0.3) is 10.2 Å². The Kier molecular flexibility index (Phi) is 5.05. The van der Waals surface area contributed by atoms with Crippen LogP contribution in [0, 0.1) is 0 Å². The maximum Gasteiger partial charge on any atom is 0.270 e. The molecule has 3 rings (SSSR count). The molecule has 0 saturated carbocycles. The van der Waals surface area contributed by atoms with Crippen molar-refractivity contribution in [3.8, 4) is 0 Å². The number of nitrogens with zero attached hydrogens (tertiary/aromatic N) is 2. The first-order chi connectivity index (χ1) is 11.1. The molecule has 2 aromatic heterocycles. The van der Waals surface area contributed by atoms with Crippen molar-refractivity contribution in [2.45, 2.75) is 6.42 Å². The van der Waals surface area contributed by atoms with Crippen molar-refractivity contribution in [1.82, 2.24) is 4.98 Å². The topological polar surface area (TPSA) is 37.6 Å². The molecule has 0 atom stereocenters. The molecule has 0 fully saturated rings. The summed E-state index contributed by atoms with van der Waals surface area (Å²) in [6.07, 6.45) is 0.954. The molecule has 0 bridgehead atoms. The molecule has 0 aliphatic rings. The zero-order chi connectivity index (χ0) is 16.2. The summed E-state index contributed by atoms with van der Waals surface area (Å²) in [7, 11) is 4.26. The Balaban J connectivity index is 1.88. The predicted molar refractivity (Wildman–Crippen MR) is 97.9 cm³/mol. The number of thiazole rings is 1. The van der Waals surface area contributed by atoms with E-state index in [4.69, 9.17) is 0 Å². The lowest BCUT2D eigenvalue weighted by atomic mass is 10.3. The largest absolute Gasteiger partial charge is 0.340 e. The van der Waals surface area contributed by atoms with Crippen LogP contribution in [-0.4, -0.2) is 38.1 Å². The SMILES string of the molecule is C[NH+](C)CCCN(C(=O)c1cccs1)c1nc2ccccc2s1. The minimum atomic E-state index is 0.0489. The lowest BCUT2D eigenvalue weighted by molar-refractivity contribution is -0.858. The van der Waals surface area contributed by atoms with Gasteiger partial charge in [0.05, 0.1) is 35.7 Å². The molecule has 0 saturated heterocycles. The summed E-state index contributed by atoms with van der Waals surface area (Å²) in [6, 6.07) is 11.8. The number of fused-ring (bicyclic) bond motifs is 1. The van der Waals surface area contributed by atoms with E-state index >= 15 is 0 Å². The predicted octanol–water partition coefficient (Wildman–Crippen LogP) is 2.54. The highest BCUT2D eigenvalue weighted by Gasteiger charge is 2.22. The second-order valence-corrected chi connectivity index (χ2v) is 7.67. The van der Waals surface area contributed by atoms with Crippen LogP contribution in [0.3, 0.4) is 0 Å². The van der Waals surface area contributed by atoms with Gasteiger partial charge in [-0.2, -0.15) is 0 Å². The maximum absolute atomic E-state index is 12.9. The van der Waals surface area contributed by atoms with Gasteiger partial charge in [0.2, 0.25) is 0 Å². The van der Waals surface area contributed by atoms with Gasteiger partial charge in [0.15, 0.2) is 5.13 Å². The Morgan fingerprint density at radius 3 is 2.74 bits per heavy atom. The number of rotatable bonds is 6. The summed E-state index contributed by atoms with van der Waals surface area (Å²) in [4.78, 5) is 21.5. The van der Waals surface area contributed by atoms with Crippen molar-refractivity contribution in [3.63, 3.8) is 0 Å². The number of anilines is 1. The molecule has 6 heteroatoms. The summed E-state index contributed by atoms with van der Waals surface area (Å²) in [5, 5.41) is 2.73. The zero-order valence-corrected chi connectivity index (χ0v) is 14.9. The molecule has 1 aromatic carbocycles. The lowest BCUT2D eigenvalue weighted by Gasteiger charge is -2.19. The Bertz CT molecular complexity index is 747.